The number of nitrogens with zero attached hydrogens (tertiary/aromatic N) is 7. The minimum atomic E-state index is -4.55. The van der Waals surface area contributed by atoms with Crippen molar-refractivity contribution in [3.8, 4) is 52.8 Å². The van der Waals surface area contributed by atoms with Crippen molar-refractivity contribution in [2.45, 2.75) is 128 Å². The van der Waals surface area contributed by atoms with E-state index in [0.717, 1.165) is 144 Å². The highest BCUT2D eigenvalue weighted by atomic mass is 35.5. The number of piperidine rings is 3. The first-order valence-corrected chi connectivity index (χ1v) is 47.3. The van der Waals surface area contributed by atoms with E-state index < -0.39 is 73.5 Å². The van der Waals surface area contributed by atoms with Crippen molar-refractivity contribution >= 4 is 108 Å². The number of β-amino-alcohol motifs (C(OH)–C–C–N with tert-alkyl or cyclic N) is 1. The van der Waals surface area contributed by atoms with Crippen molar-refractivity contribution in [2.24, 2.45) is 0 Å². The monoisotopic (exact) mass is 1850 g/mol. The summed E-state index contributed by atoms with van der Waals surface area (Å²) in [5.41, 5.74) is 4.84. The van der Waals surface area contributed by atoms with Crippen molar-refractivity contribution < 1.29 is 93.2 Å². The Labute approximate surface area is 739 Å². The van der Waals surface area contributed by atoms with Gasteiger partial charge in [0, 0.05) is 152 Å². The summed E-state index contributed by atoms with van der Waals surface area (Å²) in [6.07, 6.45) is -2.88. The number of alkyl halides is 9. The normalized spacial score (nSPS) is 15.8. The molecule has 0 amide bonds. The minimum Gasteiger partial charge on any atom is -0.495 e. The van der Waals surface area contributed by atoms with E-state index >= 15 is 0 Å². The number of sulfone groups is 3. The number of rotatable bonds is 27. The number of hydrogen-bond acceptors (Lipinski definition) is 21. The molecule has 24 nitrogen and oxygen atoms in total. The number of aromatic nitrogens is 3. The van der Waals surface area contributed by atoms with Crippen LogP contribution in [-0.4, -0.2) is 259 Å². The molecule has 4 aliphatic heterocycles. The molecule has 0 spiro atoms. The van der Waals surface area contributed by atoms with Gasteiger partial charge in [0.15, 0.2) is 29.5 Å². The van der Waals surface area contributed by atoms with E-state index in [9.17, 15) is 74.3 Å². The summed E-state index contributed by atoms with van der Waals surface area (Å²) < 4.78 is 234. The Morgan fingerprint density at radius 1 is 0.496 bits per heavy atom. The van der Waals surface area contributed by atoms with Crippen molar-refractivity contribution in [1.29, 1.82) is 0 Å². The van der Waals surface area contributed by atoms with E-state index in [2.05, 4.69) is 89.2 Å². The van der Waals surface area contributed by atoms with Gasteiger partial charge in [0.1, 0.15) is 49.3 Å². The van der Waals surface area contributed by atoms with Crippen LogP contribution in [0.15, 0.2) is 130 Å². The van der Waals surface area contributed by atoms with Gasteiger partial charge in [-0.1, -0.05) is 35.4 Å². The number of benzene rings is 6. The van der Waals surface area contributed by atoms with Crippen LogP contribution in [0.25, 0.3) is 32.7 Å². The lowest BCUT2D eigenvalue weighted by molar-refractivity contribution is -0.140. The lowest BCUT2D eigenvalue weighted by atomic mass is 9.99. The lowest BCUT2D eigenvalue weighted by Crippen LogP contribution is -2.46. The molecule has 4 saturated heterocycles. The largest absolute Gasteiger partial charge is 0.495 e. The number of halogens is 11. The van der Waals surface area contributed by atoms with Crippen molar-refractivity contribution in [2.75, 3.05) is 184 Å². The quantitative estimate of drug-likeness (QED) is 0.0186. The van der Waals surface area contributed by atoms with Gasteiger partial charge in [-0.2, -0.15) is 39.5 Å². The maximum Gasteiger partial charge on any atom is 0.406 e. The molecular formula is C89H106ClF10N13O11S3. The van der Waals surface area contributed by atoms with Crippen LogP contribution >= 0.6 is 11.6 Å². The Morgan fingerprint density at radius 3 is 1.33 bits per heavy atom. The second-order valence-corrected chi connectivity index (χ2v) is 38.5. The zero-order chi connectivity index (χ0) is 91.8. The first-order valence-electron chi connectivity index (χ1n) is 41.3. The fourth-order valence-electron chi connectivity index (χ4n) is 15.6. The van der Waals surface area contributed by atoms with E-state index in [-0.39, 0.29) is 87.4 Å². The summed E-state index contributed by atoms with van der Waals surface area (Å²) in [6, 6.07) is 30.1. The Hall–Kier alpha value is -9.98. The second-order valence-electron chi connectivity index (χ2n) is 32.0. The molecule has 38 heteroatoms. The van der Waals surface area contributed by atoms with Crippen molar-refractivity contribution in [3.05, 3.63) is 143 Å². The smallest absolute Gasteiger partial charge is 0.406 e. The summed E-state index contributed by atoms with van der Waals surface area (Å²) in [5, 5.41) is 30.8. The van der Waals surface area contributed by atoms with E-state index in [4.69, 9.17) is 30.5 Å². The van der Waals surface area contributed by atoms with Crippen LogP contribution in [0.2, 0.25) is 5.02 Å². The van der Waals surface area contributed by atoms with Crippen LogP contribution in [-0.2, 0) is 53.9 Å². The molecule has 6 aromatic carbocycles. The summed E-state index contributed by atoms with van der Waals surface area (Å²) in [7, 11) is -1.64. The topological polar surface area (TPSA) is 260 Å². The van der Waals surface area contributed by atoms with Gasteiger partial charge in [0.25, 0.3) is 0 Å². The summed E-state index contributed by atoms with van der Waals surface area (Å²) in [4.78, 5) is 9.15. The Kier molecular flexibility index (Phi) is 33.0. The maximum absolute atomic E-state index is 14.8. The van der Waals surface area contributed by atoms with E-state index in [1.807, 2.05) is 25.1 Å². The summed E-state index contributed by atoms with van der Waals surface area (Å²) in [6.45, 7) is 5.08. The highest BCUT2D eigenvalue weighted by Crippen LogP contribution is 2.39. The third-order valence-electron chi connectivity index (χ3n) is 22.1. The highest BCUT2D eigenvalue weighted by molar-refractivity contribution is 7.91. The second kappa shape index (κ2) is 43.0. The zero-order valence-corrected chi connectivity index (χ0v) is 74.9. The number of ether oxygens (including phenoxy) is 4. The van der Waals surface area contributed by atoms with Gasteiger partial charge in [-0.3, -0.25) is 0 Å². The first kappa shape index (κ1) is 97.6. The first-order chi connectivity index (χ1) is 60.1. The Balaban J connectivity index is 0.000000185. The summed E-state index contributed by atoms with van der Waals surface area (Å²) >= 11 is 6.34. The van der Waals surface area contributed by atoms with Gasteiger partial charge in [-0.15, -0.1) is 0 Å². The SMILES string of the molecule is CN(C)CCOc1cc(S(C)(=O)=O)ccc1NCC#Cc1cc2c(NC3CCN(CCO)CC3)cccc2n1CC(F)(F)F.COc1cc(S(C)(=O)=O)ccc1NCC#Cc1cc2c(NC3CCN(C)CC3)cc(Cl)cc2n1CC(F)(F)F.COc1cc(S(C)(=O)=O)ccc1NCC#Cc1cc2c(NC3CCN(C4CCOCC4)CC3)cc(F)cc2n1CC(F)(F)F. The number of fused-ring (bicyclic) bond motifs is 3. The van der Waals surface area contributed by atoms with Crippen molar-refractivity contribution in [3.63, 3.8) is 0 Å². The molecule has 7 heterocycles. The fraction of sp³-hybridized carbons (Fsp3) is 0.461. The van der Waals surface area contributed by atoms with Gasteiger partial charge in [0.2, 0.25) is 0 Å². The Bertz CT molecular complexity index is 5890. The number of aliphatic hydroxyl groups is 1. The molecule has 0 saturated carbocycles. The summed E-state index contributed by atoms with van der Waals surface area (Å²) in [5.74, 6) is 17.5. The molecule has 127 heavy (non-hydrogen) atoms. The molecule has 0 unspecified atom stereocenters. The zero-order valence-electron chi connectivity index (χ0n) is 71.7. The number of likely N-dealkylation sites (N-methyl/N-ethyl adjacent to an activating group) is 1. The number of hydrogen-bond donors (Lipinski definition) is 7. The average molecular weight is 1860 g/mol. The molecule has 4 fully saturated rings. The number of nitrogens with one attached hydrogen (secondary N) is 6. The molecule has 0 aliphatic carbocycles. The third kappa shape index (κ3) is 28.0. The van der Waals surface area contributed by atoms with Crippen LogP contribution in [0.4, 0.5) is 78.0 Å². The molecule has 4 aliphatic rings. The standard InChI is InChI=1S/C31H36F4N4O4S.C31H40F3N5O4S.C27H30ClF3N4O3S/c1-42-30-19-25(44(2,40)41)5-6-27(30)36-11-3-4-24-18-26-28(16-21(32)17-29(26)39(24)20-31(33,34)35)37-22-7-12-38(13-8-22)23-9-14-43-15-10-23;1-37(2)17-19-43-30-21-25(44(3,41)42)9-10-28(30)35-13-5-6-24-20-26-27(36-23-11-14-38(15-12-23)16-18-40)7-4-8-29(26)39(24)22-31(32,33)34;1-34-11-8-19(9-12-34)33-24-13-18(28)14-25-22(24)15-20(35(25)17-27(29,30)31)5-4-10-32-23-7-6-21(39(3,36)37)16-26(23)38-2/h5-6,16-19,22-23,36-37H,7-15,20H2,1-2H3;4,7-10,20-21,23,35-36,40H,11-19,22H2,1-3H3;6-7,13-16,19,32-33H,8-12,17H2,1-3H3. The lowest BCUT2D eigenvalue weighted by Gasteiger charge is -2.39. The molecule has 7 N–H and O–H groups in total. The van der Waals surface area contributed by atoms with Crippen LogP contribution in [0, 0.1) is 41.3 Å². The number of aliphatic hydroxyl groups excluding tert-OH is 1. The molecule has 688 valence electrons. The molecule has 0 bridgehead atoms. The fourth-order valence-corrected chi connectivity index (χ4v) is 17.7. The molecular weight excluding hydrogens is 1750 g/mol. The van der Waals surface area contributed by atoms with Gasteiger partial charge >= 0.3 is 18.5 Å². The third-order valence-corrected chi connectivity index (χ3v) is 25.6. The number of methoxy groups -OCH3 is 2. The maximum atomic E-state index is 14.8. The van der Waals surface area contributed by atoms with Crippen LogP contribution in [0.3, 0.4) is 0 Å². The molecule has 9 aromatic rings. The molecule has 3 aromatic heterocycles. The van der Waals surface area contributed by atoms with Crippen LogP contribution < -0.4 is 46.1 Å². The van der Waals surface area contributed by atoms with Gasteiger partial charge in [-0.25, -0.2) is 29.6 Å². The molecule has 13 rings (SSSR count). The average Bonchev–Trinajstić information content (AvgIpc) is 1.63. The minimum absolute atomic E-state index is 0.0350. The van der Waals surface area contributed by atoms with E-state index in [1.54, 1.807) is 48.5 Å². The molecule has 0 radical (unpaired) electrons. The van der Waals surface area contributed by atoms with E-state index in [0.29, 0.717) is 97.9 Å². The number of anilines is 6. The van der Waals surface area contributed by atoms with Gasteiger partial charge in [-0.05, 0) is 194 Å². The predicted octanol–water partition coefficient (Wildman–Crippen LogP) is 14.4. The van der Waals surface area contributed by atoms with Crippen LogP contribution in [0.5, 0.6) is 17.2 Å². The predicted molar refractivity (Wildman–Crippen MR) is 477 cm³/mol. The van der Waals surface area contributed by atoms with Gasteiger partial charge < -0.3 is 89.3 Å². The Morgan fingerprint density at radius 2 is 0.898 bits per heavy atom. The highest BCUT2D eigenvalue weighted by Gasteiger charge is 2.35. The van der Waals surface area contributed by atoms with Crippen molar-refractivity contribution in [1.82, 2.24) is 33.3 Å². The molecule has 0 atom stereocenters. The van der Waals surface area contributed by atoms with Gasteiger partial charge in [0.05, 0.1) is 106 Å². The van der Waals surface area contributed by atoms with E-state index in [1.165, 1.54) is 73.4 Å². The number of likely N-dealkylation sites (tertiary alicyclic amines) is 3. The van der Waals surface area contributed by atoms with Crippen LogP contribution in [0.1, 0.15) is 68.4 Å².